The van der Waals surface area contributed by atoms with E-state index in [1.165, 1.54) is 0 Å². The second-order valence-corrected chi connectivity index (χ2v) is 3.90. The van der Waals surface area contributed by atoms with Crippen molar-refractivity contribution in [2.45, 2.75) is 6.42 Å². The number of carbonyl (C=O) groups is 1. The highest BCUT2D eigenvalue weighted by Gasteiger charge is 2.17. The van der Waals surface area contributed by atoms with Crippen LogP contribution in [0, 0.1) is 0 Å². The number of hydrogen-bond acceptors (Lipinski definition) is 4. The van der Waals surface area contributed by atoms with Gasteiger partial charge in [-0.25, -0.2) is 9.97 Å². The predicted molar refractivity (Wildman–Crippen MR) is 64.2 cm³/mol. The summed E-state index contributed by atoms with van der Waals surface area (Å²) >= 11 is 0. The second-order valence-electron chi connectivity index (χ2n) is 3.90. The van der Waals surface area contributed by atoms with E-state index < -0.39 is 0 Å². The number of nitrogens with two attached hydrogens (primary N) is 1. The van der Waals surface area contributed by atoms with Gasteiger partial charge >= 0.3 is 0 Å². The van der Waals surface area contributed by atoms with Crippen molar-refractivity contribution < 1.29 is 4.79 Å². The maximum absolute atomic E-state index is 11.2. The number of benzene rings is 1. The van der Waals surface area contributed by atoms with Crippen molar-refractivity contribution in [2.75, 3.05) is 11.1 Å². The van der Waals surface area contributed by atoms with Crippen LogP contribution in [0.25, 0.3) is 11.3 Å². The topological polar surface area (TPSA) is 80.9 Å². The molecule has 3 N–H and O–H groups in total. The molecule has 0 bridgehead atoms. The van der Waals surface area contributed by atoms with Gasteiger partial charge in [0.25, 0.3) is 0 Å². The van der Waals surface area contributed by atoms with Crippen molar-refractivity contribution in [1.82, 2.24) is 9.97 Å². The third kappa shape index (κ3) is 1.71. The summed E-state index contributed by atoms with van der Waals surface area (Å²) in [6.07, 6.45) is 2.04. The van der Waals surface area contributed by atoms with E-state index in [0.29, 0.717) is 6.42 Å². The largest absolute Gasteiger partial charge is 0.368 e. The zero-order chi connectivity index (χ0) is 11.8. The Morgan fingerprint density at radius 1 is 1.29 bits per heavy atom. The zero-order valence-electron chi connectivity index (χ0n) is 8.97. The van der Waals surface area contributed by atoms with Gasteiger partial charge < -0.3 is 11.1 Å². The number of nitrogens with zero attached hydrogens (tertiary/aromatic N) is 2. The van der Waals surface area contributed by atoms with E-state index in [1.807, 2.05) is 18.2 Å². The minimum absolute atomic E-state index is 0.0272. The molecule has 2 heterocycles. The molecule has 2 aromatic rings. The Labute approximate surface area is 97.7 Å². The first kappa shape index (κ1) is 9.77. The summed E-state index contributed by atoms with van der Waals surface area (Å²) in [7, 11) is 0. The Morgan fingerprint density at radius 2 is 2.18 bits per heavy atom. The van der Waals surface area contributed by atoms with Crippen LogP contribution < -0.4 is 11.1 Å². The smallest absolute Gasteiger partial charge is 0.228 e. The van der Waals surface area contributed by atoms with Gasteiger partial charge in [0.2, 0.25) is 11.9 Å². The molecule has 0 spiro atoms. The van der Waals surface area contributed by atoms with Gasteiger partial charge in [-0.1, -0.05) is 6.07 Å². The first-order valence-electron chi connectivity index (χ1n) is 5.24. The Balaban J connectivity index is 2.06. The average molecular weight is 226 g/mol. The number of rotatable bonds is 1. The summed E-state index contributed by atoms with van der Waals surface area (Å²) in [6, 6.07) is 7.54. The Morgan fingerprint density at radius 3 is 3.00 bits per heavy atom. The van der Waals surface area contributed by atoms with Crippen molar-refractivity contribution in [3.05, 3.63) is 36.0 Å². The Bertz CT molecular complexity index is 609. The van der Waals surface area contributed by atoms with Gasteiger partial charge in [0.05, 0.1) is 12.1 Å². The van der Waals surface area contributed by atoms with E-state index in [0.717, 1.165) is 22.5 Å². The minimum Gasteiger partial charge on any atom is -0.368 e. The summed E-state index contributed by atoms with van der Waals surface area (Å²) in [5, 5.41) is 2.79. The van der Waals surface area contributed by atoms with E-state index in [-0.39, 0.29) is 11.9 Å². The third-order valence-corrected chi connectivity index (χ3v) is 2.70. The fourth-order valence-electron chi connectivity index (χ4n) is 1.92. The average Bonchev–Trinajstić information content (AvgIpc) is 2.68. The monoisotopic (exact) mass is 226 g/mol. The number of anilines is 2. The van der Waals surface area contributed by atoms with E-state index in [9.17, 15) is 4.79 Å². The summed E-state index contributed by atoms with van der Waals surface area (Å²) < 4.78 is 0. The van der Waals surface area contributed by atoms with Crippen LogP contribution in [0.3, 0.4) is 0 Å². The molecule has 1 aliphatic rings. The molecule has 5 heteroatoms. The second kappa shape index (κ2) is 3.55. The number of nitrogens with one attached hydrogen (secondary N) is 1. The molecule has 0 aliphatic carbocycles. The van der Waals surface area contributed by atoms with Crippen LogP contribution >= 0.6 is 0 Å². The lowest BCUT2D eigenvalue weighted by Gasteiger charge is -2.04. The molecule has 1 amide bonds. The summed E-state index contributed by atoms with van der Waals surface area (Å²) in [4.78, 5) is 19.2. The molecule has 0 fully saturated rings. The maximum atomic E-state index is 11.2. The lowest BCUT2D eigenvalue weighted by Crippen LogP contribution is -2.03. The number of carbonyl (C=O) groups excluding carboxylic acids is 1. The maximum Gasteiger partial charge on any atom is 0.228 e. The molecule has 5 nitrogen and oxygen atoms in total. The van der Waals surface area contributed by atoms with Crippen LogP contribution in [0.2, 0.25) is 0 Å². The first-order chi connectivity index (χ1) is 8.22. The van der Waals surface area contributed by atoms with Crippen molar-refractivity contribution in [1.29, 1.82) is 0 Å². The predicted octanol–water partition coefficient (Wildman–Crippen LogP) is 1.22. The minimum atomic E-state index is 0.0272. The van der Waals surface area contributed by atoms with Crippen LogP contribution in [-0.2, 0) is 11.2 Å². The van der Waals surface area contributed by atoms with Crippen LogP contribution in [0.15, 0.2) is 30.5 Å². The van der Waals surface area contributed by atoms with Crippen molar-refractivity contribution in [3.8, 4) is 11.3 Å². The van der Waals surface area contributed by atoms with Gasteiger partial charge in [0.15, 0.2) is 0 Å². The van der Waals surface area contributed by atoms with Gasteiger partial charge in [-0.15, -0.1) is 0 Å². The zero-order valence-corrected chi connectivity index (χ0v) is 8.97. The molecular weight excluding hydrogens is 216 g/mol. The van der Waals surface area contributed by atoms with Gasteiger partial charge in [-0.05, 0) is 23.8 Å². The fourth-order valence-corrected chi connectivity index (χ4v) is 1.92. The van der Waals surface area contributed by atoms with E-state index >= 15 is 0 Å². The van der Waals surface area contributed by atoms with Crippen LogP contribution in [0.5, 0.6) is 0 Å². The van der Waals surface area contributed by atoms with Gasteiger partial charge in [0, 0.05) is 17.4 Å². The highest BCUT2D eigenvalue weighted by atomic mass is 16.1. The molecule has 1 aliphatic heterocycles. The lowest BCUT2D eigenvalue weighted by molar-refractivity contribution is -0.115. The molecule has 3 rings (SSSR count). The van der Waals surface area contributed by atoms with E-state index in [2.05, 4.69) is 15.3 Å². The van der Waals surface area contributed by atoms with Gasteiger partial charge in [0.1, 0.15) is 0 Å². The lowest BCUT2D eigenvalue weighted by atomic mass is 10.1. The number of nitrogen functional groups attached to an aromatic ring is 1. The molecule has 1 aromatic carbocycles. The molecule has 0 saturated heterocycles. The standard InChI is InChI=1S/C12H10N4O/c13-12-14-4-3-10(16-12)7-1-2-9-8(5-7)6-11(17)15-9/h1-5H,6H2,(H,15,17)(H2,13,14,16). The number of hydrogen-bond donors (Lipinski definition) is 2. The van der Waals surface area contributed by atoms with Crippen LogP contribution in [-0.4, -0.2) is 15.9 Å². The van der Waals surface area contributed by atoms with Gasteiger partial charge in [-0.2, -0.15) is 0 Å². The van der Waals surface area contributed by atoms with Crippen LogP contribution in [0.1, 0.15) is 5.56 Å². The molecular formula is C12H10N4O. The van der Waals surface area contributed by atoms with E-state index in [4.69, 9.17) is 5.73 Å². The molecule has 0 saturated carbocycles. The first-order valence-corrected chi connectivity index (χ1v) is 5.24. The number of amides is 1. The highest BCUT2D eigenvalue weighted by molar-refractivity contribution is 5.99. The molecule has 17 heavy (non-hydrogen) atoms. The Kier molecular flexibility index (Phi) is 2.04. The third-order valence-electron chi connectivity index (χ3n) is 2.70. The summed E-state index contributed by atoms with van der Waals surface area (Å²) in [5.74, 6) is 0.275. The van der Waals surface area contributed by atoms with Crippen molar-refractivity contribution in [3.63, 3.8) is 0 Å². The SMILES string of the molecule is Nc1nccc(-c2ccc3c(c2)CC(=O)N3)n1. The van der Waals surface area contributed by atoms with E-state index in [1.54, 1.807) is 12.3 Å². The summed E-state index contributed by atoms with van der Waals surface area (Å²) in [6.45, 7) is 0. The molecule has 0 radical (unpaired) electrons. The highest BCUT2D eigenvalue weighted by Crippen LogP contribution is 2.28. The Hall–Kier alpha value is -2.43. The molecule has 0 unspecified atom stereocenters. The van der Waals surface area contributed by atoms with Crippen LogP contribution in [0.4, 0.5) is 11.6 Å². The molecule has 1 aromatic heterocycles. The quantitative estimate of drug-likeness (QED) is 0.766. The molecule has 84 valence electrons. The molecule has 0 atom stereocenters. The van der Waals surface area contributed by atoms with Crippen molar-refractivity contribution >= 4 is 17.5 Å². The van der Waals surface area contributed by atoms with Gasteiger partial charge in [-0.3, -0.25) is 4.79 Å². The van der Waals surface area contributed by atoms with Crippen molar-refractivity contribution in [2.24, 2.45) is 0 Å². The normalized spacial score (nSPS) is 13.3. The number of fused-ring (bicyclic) bond motifs is 1. The summed E-state index contributed by atoms with van der Waals surface area (Å²) in [5.41, 5.74) is 9.11. The fraction of sp³-hybridized carbons (Fsp3) is 0.0833. The number of aromatic nitrogens is 2.